The summed E-state index contributed by atoms with van der Waals surface area (Å²) in [7, 11) is 0. The molecule has 0 fully saturated rings. The van der Waals surface area contributed by atoms with E-state index in [4.69, 9.17) is 5.11 Å². The number of anilines is 1. The molecule has 2 aromatic carbocycles. The molecular formula is C18H13FN2O3S. The summed E-state index contributed by atoms with van der Waals surface area (Å²) < 4.78 is 13.7. The maximum Gasteiger partial charge on any atom is 0.308 e. The summed E-state index contributed by atoms with van der Waals surface area (Å²) in [6, 6.07) is 14.7. The molecule has 0 saturated carbocycles. The number of aliphatic carboxylic acids is 1. The van der Waals surface area contributed by atoms with Gasteiger partial charge >= 0.3 is 5.97 Å². The molecule has 0 atom stereocenters. The highest BCUT2D eigenvalue weighted by atomic mass is 32.1. The van der Waals surface area contributed by atoms with Crippen LogP contribution in [0.4, 0.5) is 9.52 Å². The summed E-state index contributed by atoms with van der Waals surface area (Å²) in [5.74, 6) is -2.26. The Labute approximate surface area is 146 Å². The fourth-order valence-corrected chi connectivity index (χ4v) is 3.26. The minimum atomic E-state index is -0.993. The Morgan fingerprint density at radius 1 is 1.08 bits per heavy atom. The van der Waals surface area contributed by atoms with Crippen LogP contribution in [0.5, 0.6) is 0 Å². The van der Waals surface area contributed by atoms with Crippen LogP contribution >= 0.6 is 11.3 Å². The molecule has 5 nitrogen and oxygen atoms in total. The predicted molar refractivity (Wildman–Crippen MR) is 93.2 cm³/mol. The van der Waals surface area contributed by atoms with Crippen LogP contribution < -0.4 is 5.32 Å². The monoisotopic (exact) mass is 356 g/mol. The molecule has 0 aliphatic carbocycles. The molecule has 7 heteroatoms. The Morgan fingerprint density at radius 3 is 2.44 bits per heavy atom. The molecule has 3 aromatic rings. The van der Waals surface area contributed by atoms with Crippen LogP contribution in [0.15, 0.2) is 54.6 Å². The first-order valence-electron chi connectivity index (χ1n) is 7.37. The minimum Gasteiger partial charge on any atom is -0.481 e. The average Bonchev–Trinajstić information content (AvgIpc) is 2.97. The Morgan fingerprint density at radius 2 is 1.76 bits per heavy atom. The number of benzene rings is 2. The number of nitrogens with one attached hydrogen (secondary N) is 1. The van der Waals surface area contributed by atoms with Crippen molar-refractivity contribution in [1.29, 1.82) is 0 Å². The summed E-state index contributed by atoms with van der Waals surface area (Å²) in [5, 5.41) is 11.8. The summed E-state index contributed by atoms with van der Waals surface area (Å²) in [5.41, 5.74) is 1.15. The van der Waals surface area contributed by atoms with Crippen LogP contribution in [0.3, 0.4) is 0 Å². The van der Waals surface area contributed by atoms with Gasteiger partial charge in [-0.15, -0.1) is 11.3 Å². The van der Waals surface area contributed by atoms with Crippen molar-refractivity contribution in [1.82, 2.24) is 4.98 Å². The third-order valence-electron chi connectivity index (χ3n) is 3.40. The van der Waals surface area contributed by atoms with Crippen LogP contribution in [0.2, 0.25) is 0 Å². The third-order valence-corrected chi connectivity index (χ3v) is 4.37. The first kappa shape index (κ1) is 16.8. The molecule has 0 aliphatic rings. The van der Waals surface area contributed by atoms with Gasteiger partial charge in [0.1, 0.15) is 5.82 Å². The lowest BCUT2D eigenvalue weighted by Crippen LogP contribution is -2.13. The number of carbonyl (C=O) groups is 2. The van der Waals surface area contributed by atoms with E-state index in [2.05, 4.69) is 10.3 Å². The Kier molecular flexibility index (Phi) is 4.85. The van der Waals surface area contributed by atoms with Crippen molar-refractivity contribution in [3.05, 3.63) is 70.9 Å². The van der Waals surface area contributed by atoms with E-state index in [1.807, 2.05) is 30.3 Å². The van der Waals surface area contributed by atoms with Crippen LogP contribution in [-0.2, 0) is 11.2 Å². The van der Waals surface area contributed by atoms with Crippen molar-refractivity contribution in [2.24, 2.45) is 0 Å². The molecule has 0 unspecified atom stereocenters. The van der Waals surface area contributed by atoms with E-state index < -0.39 is 17.7 Å². The van der Waals surface area contributed by atoms with Crippen molar-refractivity contribution in [2.45, 2.75) is 6.42 Å². The number of carbonyl (C=O) groups excluding carboxylic acids is 1. The Bertz CT molecular complexity index is 925. The van der Waals surface area contributed by atoms with Gasteiger partial charge in [-0.2, -0.15) is 0 Å². The van der Waals surface area contributed by atoms with Crippen LogP contribution in [0, 0.1) is 5.82 Å². The van der Waals surface area contributed by atoms with Crippen LogP contribution in [0.25, 0.3) is 11.3 Å². The summed E-state index contributed by atoms with van der Waals surface area (Å²) in [6.45, 7) is 0. The van der Waals surface area contributed by atoms with Gasteiger partial charge in [-0.05, 0) is 12.1 Å². The molecule has 0 radical (unpaired) electrons. The topological polar surface area (TPSA) is 79.3 Å². The normalized spacial score (nSPS) is 10.4. The standard InChI is InChI=1S/C18H13FN2O3S/c19-13-9-5-4-8-12(13)17(24)21-18-20-16(11-6-2-1-3-7-11)14(25-18)10-15(22)23/h1-9H,10H2,(H,22,23)(H,20,21,24). The highest BCUT2D eigenvalue weighted by Gasteiger charge is 2.18. The zero-order valence-corrected chi connectivity index (χ0v) is 13.7. The lowest BCUT2D eigenvalue weighted by molar-refractivity contribution is -0.136. The number of thiazole rings is 1. The van der Waals surface area contributed by atoms with E-state index in [1.54, 1.807) is 6.07 Å². The molecular weight excluding hydrogens is 343 g/mol. The molecule has 0 saturated heterocycles. The first-order valence-corrected chi connectivity index (χ1v) is 8.19. The largest absolute Gasteiger partial charge is 0.481 e. The molecule has 3 rings (SSSR count). The van der Waals surface area contributed by atoms with Crippen LogP contribution in [0.1, 0.15) is 15.2 Å². The van der Waals surface area contributed by atoms with Crippen molar-refractivity contribution in [2.75, 3.05) is 5.32 Å². The number of rotatable bonds is 5. The molecule has 1 aromatic heterocycles. The lowest BCUT2D eigenvalue weighted by atomic mass is 10.1. The van der Waals surface area contributed by atoms with Crippen molar-refractivity contribution < 1.29 is 19.1 Å². The van der Waals surface area contributed by atoms with Gasteiger partial charge in [0, 0.05) is 10.4 Å². The van der Waals surface area contributed by atoms with Crippen molar-refractivity contribution in [3.8, 4) is 11.3 Å². The van der Waals surface area contributed by atoms with Gasteiger partial charge < -0.3 is 5.11 Å². The van der Waals surface area contributed by atoms with E-state index in [1.165, 1.54) is 18.2 Å². The molecule has 0 spiro atoms. The van der Waals surface area contributed by atoms with Gasteiger partial charge in [0.25, 0.3) is 5.91 Å². The molecule has 2 N–H and O–H groups in total. The van der Waals surface area contributed by atoms with Crippen molar-refractivity contribution >= 4 is 28.3 Å². The van der Waals surface area contributed by atoms with E-state index in [0.717, 1.165) is 16.9 Å². The molecule has 0 bridgehead atoms. The number of halogens is 1. The number of carboxylic acids is 1. The number of carboxylic acid groups (broad SMARTS) is 1. The zero-order chi connectivity index (χ0) is 17.8. The van der Waals surface area contributed by atoms with Gasteiger partial charge in [0.15, 0.2) is 5.13 Å². The number of aromatic nitrogens is 1. The molecule has 1 amide bonds. The SMILES string of the molecule is O=C(O)Cc1sc(NC(=O)c2ccccc2F)nc1-c1ccccc1. The maximum atomic E-state index is 13.7. The summed E-state index contributed by atoms with van der Waals surface area (Å²) >= 11 is 1.07. The fraction of sp³-hybridized carbons (Fsp3) is 0.0556. The summed E-state index contributed by atoms with van der Waals surface area (Å²) in [4.78, 5) is 28.2. The third kappa shape index (κ3) is 3.89. The molecule has 25 heavy (non-hydrogen) atoms. The highest BCUT2D eigenvalue weighted by Crippen LogP contribution is 2.31. The van der Waals surface area contributed by atoms with E-state index in [0.29, 0.717) is 10.6 Å². The van der Waals surface area contributed by atoms with E-state index in [-0.39, 0.29) is 17.1 Å². The lowest BCUT2D eigenvalue weighted by Gasteiger charge is -2.02. The van der Waals surface area contributed by atoms with Gasteiger partial charge in [0.05, 0.1) is 17.7 Å². The van der Waals surface area contributed by atoms with Crippen LogP contribution in [-0.4, -0.2) is 22.0 Å². The summed E-state index contributed by atoms with van der Waals surface area (Å²) in [6.07, 6.45) is -0.211. The number of nitrogens with zero attached hydrogens (tertiary/aromatic N) is 1. The Hall–Kier alpha value is -3.06. The molecule has 1 heterocycles. The minimum absolute atomic E-state index is 0.0984. The number of amides is 1. The molecule has 126 valence electrons. The second kappa shape index (κ2) is 7.23. The zero-order valence-electron chi connectivity index (χ0n) is 12.9. The predicted octanol–water partition coefficient (Wildman–Crippen LogP) is 3.83. The number of hydrogen-bond donors (Lipinski definition) is 2. The Balaban J connectivity index is 1.92. The maximum absolute atomic E-state index is 13.7. The highest BCUT2D eigenvalue weighted by molar-refractivity contribution is 7.16. The number of hydrogen-bond acceptors (Lipinski definition) is 4. The van der Waals surface area contributed by atoms with Gasteiger partial charge in [-0.25, -0.2) is 9.37 Å². The van der Waals surface area contributed by atoms with Gasteiger partial charge in [-0.3, -0.25) is 14.9 Å². The van der Waals surface area contributed by atoms with Crippen molar-refractivity contribution in [3.63, 3.8) is 0 Å². The van der Waals surface area contributed by atoms with Gasteiger partial charge in [0.2, 0.25) is 0 Å². The second-order valence-corrected chi connectivity index (χ2v) is 6.24. The molecule has 0 aliphatic heterocycles. The quantitative estimate of drug-likeness (QED) is 0.728. The van der Waals surface area contributed by atoms with E-state index in [9.17, 15) is 14.0 Å². The fourth-order valence-electron chi connectivity index (χ4n) is 2.29. The smallest absolute Gasteiger partial charge is 0.308 e. The first-order chi connectivity index (χ1) is 12.0. The average molecular weight is 356 g/mol. The van der Waals surface area contributed by atoms with Gasteiger partial charge in [-0.1, -0.05) is 42.5 Å². The second-order valence-electron chi connectivity index (χ2n) is 5.16. The van der Waals surface area contributed by atoms with E-state index >= 15 is 0 Å².